The Bertz CT molecular complexity index is 254. The minimum atomic E-state index is -0.311. The van der Waals surface area contributed by atoms with Crippen LogP contribution < -0.4 is 0 Å². The molecule has 0 radical (unpaired) electrons. The normalized spacial score (nSPS) is 12.4. The lowest BCUT2D eigenvalue weighted by molar-refractivity contribution is -0.153. The second kappa shape index (κ2) is 14.1. The second-order valence-corrected chi connectivity index (χ2v) is 5.66. The van der Waals surface area contributed by atoms with E-state index in [-0.39, 0.29) is 12.2 Å². The molecule has 0 heterocycles. The summed E-state index contributed by atoms with van der Waals surface area (Å²) in [5.41, 5.74) is 0. The number of hydrogen-bond donors (Lipinski definition) is 0. The number of nitrogens with zero attached hydrogens (tertiary/aromatic N) is 1. The standard InChI is InChI=1S/C18H35NO2/c1-5-9-11-13-15-19(16-14-12-10-6-2)17(7-3)21-18(20)8-4/h8,17H,4-7,9-16H2,1-3H3. The van der Waals surface area contributed by atoms with Crippen LogP contribution in [-0.2, 0) is 9.53 Å². The third-order valence-corrected chi connectivity index (χ3v) is 3.77. The predicted molar refractivity (Wildman–Crippen MR) is 90.2 cm³/mol. The van der Waals surface area contributed by atoms with Crippen molar-refractivity contribution in [2.24, 2.45) is 0 Å². The summed E-state index contributed by atoms with van der Waals surface area (Å²) in [4.78, 5) is 13.8. The number of rotatable bonds is 14. The van der Waals surface area contributed by atoms with E-state index in [1.807, 2.05) is 0 Å². The van der Waals surface area contributed by atoms with E-state index in [0.717, 1.165) is 19.5 Å². The molecule has 3 heteroatoms. The molecule has 0 aliphatic carbocycles. The quantitative estimate of drug-likeness (QED) is 0.197. The summed E-state index contributed by atoms with van der Waals surface area (Å²) < 4.78 is 5.49. The zero-order chi connectivity index (χ0) is 15.9. The summed E-state index contributed by atoms with van der Waals surface area (Å²) in [5.74, 6) is -0.311. The third-order valence-electron chi connectivity index (χ3n) is 3.77. The van der Waals surface area contributed by atoms with Crippen molar-refractivity contribution in [3.05, 3.63) is 12.7 Å². The van der Waals surface area contributed by atoms with Crippen LogP contribution in [-0.4, -0.2) is 30.2 Å². The van der Waals surface area contributed by atoms with Gasteiger partial charge in [0.2, 0.25) is 0 Å². The van der Waals surface area contributed by atoms with E-state index in [0.29, 0.717) is 0 Å². The summed E-state index contributed by atoms with van der Waals surface area (Å²) in [6, 6.07) is 0. The number of hydrogen-bond acceptors (Lipinski definition) is 3. The molecule has 0 saturated heterocycles. The van der Waals surface area contributed by atoms with Crippen LogP contribution in [0.4, 0.5) is 0 Å². The molecular weight excluding hydrogens is 262 g/mol. The Kier molecular flexibility index (Phi) is 13.6. The van der Waals surface area contributed by atoms with Crippen molar-refractivity contribution in [3.8, 4) is 0 Å². The van der Waals surface area contributed by atoms with Gasteiger partial charge in [0.25, 0.3) is 0 Å². The number of esters is 1. The molecule has 3 nitrogen and oxygen atoms in total. The lowest BCUT2D eigenvalue weighted by Gasteiger charge is -2.30. The van der Waals surface area contributed by atoms with E-state index in [4.69, 9.17) is 4.74 Å². The van der Waals surface area contributed by atoms with Gasteiger partial charge in [-0.15, -0.1) is 0 Å². The van der Waals surface area contributed by atoms with Gasteiger partial charge < -0.3 is 4.74 Å². The van der Waals surface area contributed by atoms with Crippen molar-refractivity contribution < 1.29 is 9.53 Å². The van der Waals surface area contributed by atoms with E-state index < -0.39 is 0 Å². The molecule has 0 amide bonds. The van der Waals surface area contributed by atoms with Gasteiger partial charge in [0.1, 0.15) is 0 Å². The van der Waals surface area contributed by atoms with Crippen molar-refractivity contribution in [3.63, 3.8) is 0 Å². The fourth-order valence-electron chi connectivity index (χ4n) is 2.48. The molecule has 0 aromatic heterocycles. The van der Waals surface area contributed by atoms with Crippen LogP contribution in [0.2, 0.25) is 0 Å². The summed E-state index contributed by atoms with van der Waals surface area (Å²) >= 11 is 0. The smallest absolute Gasteiger partial charge is 0.331 e. The Morgan fingerprint density at radius 3 is 1.90 bits per heavy atom. The van der Waals surface area contributed by atoms with Crippen LogP contribution >= 0.6 is 0 Å². The van der Waals surface area contributed by atoms with Crippen LogP contribution in [0.5, 0.6) is 0 Å². The van der Waals surface area contributed by atoms with Crippen LogP contribution in [0, 0.1) is 0 Å². The molecule has 0 fully saturated rings. The molecule has 0 saturated carbocycles. The summed E-state index contributed by atoms with van der Waals surface area (Å²) in [6.45, 7) is 12.1. The number of carbonyl (C=O) groups is 1. The Morgan fingerprint density at radius 2 is 1.52 bits per heavy atom. The van der Waals surface area contributed by atoms with E-state index in [1.54, 1.807) is 0 Å². The van der Waals surface area contributed by atoms with Gasteiger partial charge in [-0.3, -0.25) is 4.90 Å². The molecule has 1 unspecified atom stereocenters. The minimum Gasteiger partial charge on any atom is -0.443 e. The summed E-state index contributed by atoms with van der Waals surface area (Å²) in [5, 5.41) is 0. The first-order valence-corrected chi connectivity index (χ1v) is 8.76. The first kappa shape index (κ1) is 20.2. The van der Waals surface area contributed by atoms with Crippen molar-refractivity contribution in [1.29, 1.82) is 0 Å². The van der Waals surface area contributed by atoms with Gasteiger partial charge in [-0.1, -0.05) is 65.9 Å². The van der Waals surface area contributed by atoms with Gasteiger partial charge in [-0.25, -0.2) is 4.79 Å². The number of carbonyl (C=O) groups excluding carboxylic acids is 1. The molecule has 0 spiro atoms. The molecular formula is C18H35NO2. The fraction of sp³-hybridized carbons (Fsp3) is 0.833. The molecule has 0 rings (SSSR count). The van der Waals surface area contributed by atoms with Gasteiger partial charge in [-0.2, -0.15) is 0 Å². The first-order valence-electron chi connectivity index (χ1n) is 8.76. The highest BCUT2D eigenvalue weighted by atomic mass is 16.6. The fourth-order valence-corrected chi connectivity index (χ4v) is 2.48. The topological polar surface area (TPSA) is 29.5 Å². The Hall–Kier alpha value is -0.830. The Morgan fingerprint density at radius 1 is 1.00 bits per heavy atom. The Balaban J connectivity index is 4.34. The average molecular weight is 297 g/mol. The van der Waals surface area contributed by atoms with Crippen molar-refractivity contribution in [1.82, 2.24) is 4.90 Å². The predicted octanol–water partition coefficient (Wildman–Crippen LogP) is 4.91. The summed E-state index contributed by atoms with van der Waals surface area (Å²) in [7, 11) is 0. The van der Waals surface area contributed by atoms with E-state index >= 15 is 0 Å². The molecule has 0 aromatic carbocycles. The maximum Gasteiger partial charge on any atom is 0.331 e. The van der Waals surface area contributed by atoms with Gasteiger partial charge in [-0.05, 0) is 19.3 Å². The lowest BCUT2D eigenvalue weighted by atomic mass is 10.1. The molecule has 0 aliphatic heterocycles. The number of ether oxygens (including phenoxy) is 1. The van der Waals surface area contributed by atoms with E-state index in [2.05, 4.69) is 32.3 Å². The largest absolute Gasteiger partial charge is 0.443 e. The summed E-state index contributed by atoms with van der Waals surface area (Å²) in [6.07, 6.45) is 11.9. The molecule has 1 atom stereocenters. The second-order valence-electron chi connectivity index (χ2n) is 5.66. The van der Waals surface area contributed by atoms with Gasteiger partial charge in [0.05, 0.1) is 0 Å². The van der Waals surface area contributed by atoms with Gasteiger partial charge >= 0.3 is 5.97 Å². The number of unbranched alkanes of at least 4 members (excludes halogenated alkanes) is 6. The molecule has 0 aliphatic rings. The molecule has 0 N–H and O–H groups in total. The zero-order valence-corrected chi connectivity index (χ0v) is 14.4. The van der Waals surface area contributed by atoms with Gasteiger partial charge in [0.15, 0.2) is 6.23 Å². The molecule has 0 aromatic rings. The van der Waals surface area contributed by atoms with Crippen molar-refractivity contribution >= 4 is 5.97 Å². The monoisotopic (exact) mass is 297 g/mol. The minimum absolute atomic E-state index is 0.0984. The lowest BCUT2D eigenvalue weighted by Crippen LogP contribution is -2.39. The highest BCUT2D eigenvalue weighted by Gasteiger charge is 2.19. The van der Waals surface area contributed by atoms with Gasteiger partial charge in [0, 0.05) is 19.2 Å². The third kappa shape index (κ3) is 10.5. The average Bonchev–Trinajstić information content (AvgIpc) is 2.51. The highest BCUT2D eigenvalue weighted by Crippen LogP contribution is 2.12. The van der Waals surface area contributed by atoms with E-state index in [9.17, 15) is 4.79 Å². The van der Waals surface area contributed by atoms with Crippen LogP contribution in [0.25, 0.3) is 0 Å². The van der Waals surface area contributed by atoms with E-state index in [1.165, 1.54) is 57.4 Å². The van der Waals surface area contributed by atoms with Crippen LogP contribution in [0.1, 0.15) is 78.6 Å². The SMILES string of the molecule is C=CC(=O)OC(CC)N(CCCCCC)CCCCCC. The van der Waals surface area contributed by atoms with Crippen molar-refractivity contribution in [2.45, 2.75) is 84.8 Å². The molecule has 0 bridgehead atoms. The molecule has 21 heavy (non-hydrogen) atoms. The van der Waals surface area contributed by atoms with Crippen LogP contribution in [0.3, 0.4) is 0 Å². The van der Waals surface area contributed by atoms with Crippen LogP contribution in [0.15, 0.2) is 12.7 Å². The highest BCUT2D eigenvalue weighted by molar-refractivity contribution is 5.81. The first-order chi connectivity index (χ1) is 10.2. The Labute approximate surface area is 131 Å². The zero-order valence-electron chi connectivity index (χ0n) is 14.4. The van der Waals surface area contributed by atoms with Crippen molar-refractivity contribution in [2.75, 3.05) is 13.1 Å². The maximum atomic E-state index is 11.5. The maximum absolute atomic E-state index is 11.5. The molecule has 124 valence electrons.